The van der Waals surface area contributed by atoms with Gasteiger partial charge in [0.25, 0.3) is 0 Å². The first-order valence-corrected chi connectivity index (χ1v) is 10.7. The summed E-state index contributed by atoms with van der Waals surface area (Å²) in [6, 6.07) is 2.08. The van der Waals surface area contributed by atoms with Crippen LogP contribution in [0, 0.1) is 6.92 Å². The second-order valence-corrected chi connectivity index (χ2v) is 9.82. The molecule has 2 aromatic heterocycles. The molecular weight excluding hydrogens is 364 g/mol. The molecule has 0 unspecified atom stereocenters. The smallest absolute Gasteiger partial charge is 0.237 e. The van der Waals surface area contributed by atoms with Crippen molar-refractivity contribution in [2.45, 2.75) is 56.0 Å². The normalized spacial score (nSPS) is 31.5. The number of hydrogen-bond acceptors (Lipinski definition) is 5. The van der Waals surface area contributed by atoms with Crippen LogP contribution in [0.25, 0.3) is 11.3 Å². The minimum Gasteiger partial charge on any atom is -0.383 e. The maximum Gasteiger partial charge on any atom is 0.237 e. The largest absolute Gasteiger partial charge is 0.383 e. The van der Waals surface area contributed by atoms with Crippen LogP contribution in [0.15, 0.2) is 18.5 Å². The summed E-state index contributed by atoms with van der Waals surface area (Å²) in [4.78, 5) is 26.3. The third kappa shape index (κ3) is 2.43. The van der Waals surface area contributed by atoms with Gasteiger partial charge in [-0.25, -0.2) is 9.97 Å². The van der Waals surface area contributed by atoms with Gasteiger partial charge in [-0.15, -0.1) is 0 Å². The molecule has 2 aromatic rings. The van der Waals surface area contributed by atoms with E-state index < -0.39 is 0 Å². The Balaban J connectivity index is 1.29. The predicted octanol–water partition coefficient (Wildman–Crippen LogP) is 2.12. The highest BCUT2D eigenvalue weighted by atomic mass is 16.2. The van der Waals surface area contributed by atoms with E-state index in [1.54, 1.807) is 0 Å². The van der Waals surface area contributed by atoms with Gasteiger partial charge in [-0.2, -0.15) is 0 Å². The third-order valence-corrected chi connectivity index (χ3v) is 7.56. The van der Waals surface area contributed by atoms with E-state index in [2.05, 4.69) is 31.6 Å². The van der Waals surface area contributed by atoms with Crippen LogP contribution < -0.4 is 5.73 Å². The highest BCUT2D eigenvalue weighted by molar-refractivity contribution is 5.80. The average Bonchev–Trinajstić information content (AvgIpc) is 3.37. The lowest BCUT2D eigenvalue weighted by Crippen LogP contribution is -2.80. The number of likely N-dealkylation sites (N-methyl/N-ethyl adjacent to an activating group) is 1. The summed E-state index contributed by atoms with van der Waals surface area (Å²) in [7, 11) is 2.03. The van der Waals surface area contributed by atoms with Crippen molar-refractivity contribution in [2.75, 3.05) is 32.4 Å². The van der Waals surface area contributed by atoms with Crippen molar-refractivity contribution >= 4 is 11.7 Å². The summed E-state index contributed by atoms with van der Waals surface area (Å²) in [5.74, 6) is 2.69. The van der Waals surface area contributed by atoms with Crippen LogP contribution in [0.4, 0.5) is 5.82 Å². The summed E-state index contributed by atoms with van der Waals surface area (Å²) in [6.45, 7) is 4.39. The van der Waals surface area contributed by atoms with Crippen molar-refractivity contribution in [3.8, 4) is 11.3 Å². The molecule has 0 aromatic carbocycles. The molecule has 7 heteroatoms. The van der Waals surface area contributed by atoms with Crippen LogP contribution in [-0.2, 0) is 10.3 Å². The lowest BCUT2D eigenvalue weighted by Gasteiger charge is -2.74. The number of anilines is 1. The Bertz CT molecular complexity index is 1000. The van der Waals surface area contributed by atoms with E-state index in [1.807, 2.05) is 20.2 Å². The van der Waals surface area contributed by atoms with Gasteiger partial charge in [0, 0.05) is 42.5 Å². The fourth-order valence-corrected chi connectivity index (χ4v) is 5.78. The maximum absolute atomic E-state index is 12.6. The highest BCUT2D eigenvalue weighted by Gasteiger charge is 2.72. The van der Waals surface area contributed by atoms with Gasteiger partial charge < -0.3 is 15.2 Å². The van der Waals surface area contributed by atoms with Gasteiger partial charge in [0.15, 0.2) is 0 Å². The average molecular weight is 393 g/mol. The minimum atomic E-state index is 0.100. The molecule has 4 saturated carbocycles. The summed E-state index contributed by atoms with van der Waals surface area (Å²) < 4.78 is 2.47. The molecule has 5 fully saturated rings. The molecule has 5 aliphatic rings. The molecule has 4 aliphatic carbocycles. The van der Waals surface area contributed by atoms with E-state index in [0.717, 1.165) is 49.2 Å². The number of rotatable bonds is 4. The SMILES string of the molecule is Cc1cc(-c2cn(C34CC(N5CCN(C)CC5=O)(C3)C4)c(C3CC3)n2)cnc1N. The van der Waals surface area contributed by atoms with Crippen molar-refractivity contribution in [2.24, 2.45) is 0 Å². The maximum atomic E-state index is 12.6. The van der Waals surface area contributed by atoms with Crippen molar-refractivity contribution in [3.63, 3.8) is 0 Å². The summed E-state index contributed by atoms with van der Waals surface area (Å²) >= 11 is 0. The zero-order valence-corrected chi connectivity index (χ0v) is 17.2. The van der Waals surface area contributed by atoms with Gasteiger partial charge in [-0.3, -0.25) is 9.69 Å². The topological polar surface area (TPSA) is 80.3 Å². The molecule has 3 heterocycles. The van der Waals surface area contributed by atoms with Crippen molar-refractivity contribution in [1.29, 1.82) is 0 Å². The van der Waals surface area contributed by atoms with Gasteiger partial charge in [0.2, 0.25) is 5.91 Å². The molecular formula is C22H28N6O. The Hall–Kier alpha value is -2.41. The first kappa shape index (κ1) is 17.4. The molecule has 7 nitrogen and oxygen atoms in total. The number of nitrogens with zero attached hydrogens (tertiary/aromatic N) is 5. The van der Waals surface area contributed by atoms with E-state index in [4.69, 9.17) is 10.7 Å². The monoisotopic (exact) mass is 392 g/mol. The lowest BCUT2D eigenvalue weighted by molar-refractivity contribution is -0.214. The van der Waals surface area contributed by atoms with E-state index in [1.165, 1.54) is 18.7 Å². The Kier molecular flexibility index (Phi) is 3.37. The molecule has 2 bridgehead atoms. The molecule has 29 heavy (non-hydrogen) atoms. The number of carbonyl (C=O) groups is 1. The lowest BCUT2D eigenvalue weighted by atomic mass is 9.43. The number of pyridine rings is 1. The Morgan fingerprint density at radius 3 is 2.59 bits per heavy atom. The van der Waals surface area contributed by atoms with Crippen molar-refractivity contribution in [3.05, 3.63) is 29.8 Å². The van der Waals surface area contributed by atoms with Crippen LogP contribution in [0.2, 0.25) is 0 Å². The molecule has 1 saturated heterocycles. The fraction of sp³-hybridized carbons (Fsp3) is 0.591. The number of carbonyl (C=O) groups excluding carboxylic acids is 1. The second kappa shape index (κ2) is 5.59. The molecule has 0 atom stereocenters. The van der Waals surface area contributed by atoms with E-state index in [-0.39, 0.29) is 11.1 Å². The van der Waals surface area contributed by atoms with Gasteiger partial charge in [0.1, 0.15) is 11.6 Å². The molecule has 2 N–H and O–H groups in total. The number of aromatic nitrogens is 3. The number of amides is 1. The standard InChI is InChI=1S/C22H28N6O/c1-14-7-16(8-24-19(14)23)17-9-28(20(25-17)15-3-4-15)22-11-21(12-22,13-22)27-6-5-26(2)10-18(27)29/h7-9,15H,3-6,10-13H2,1-2H3,(H2,23,24). The first-order chi connectivity index (χ1) is 13.9. The summed E-state index contributed by atoms with van der Waals surface area (Å²) in [6.07, 6.45) is 9.74. The van der Waals surface area contributed by atoms with Crippen LogP contribution >= 0.6 is 0 Å². The number of piperazine rings is 1. The molecule has 1 amide bonds. The van der Waals surface area contributed by atoms with Crippen LogP contribution in [-0.4, -0.2) is 62.5 Å². The zero-order valence-electron chi connectivity index (χ0n) is 17.2. The minimum absolute atomic E-state index is 0.100. The number of aryl methyl sites for hydroxylation is 1. The van der Waals surface area contributed by atoms with E-state index >= 15 is 0 Å². The number of hydrogen-bond donors (Lipinski definition) is 1. The van der Waals surface area contributed by atoms with Crippen molar-refractivity contribution in [1.82, 2.24) is 24.3 Å². The van der Waals surface area contributed by atoms with Gasteiger partial charge >= 0.3 is 0 Å². The summed E-state index contributed by atoms with van der Waals surface area (Å²) in [5, 5.41) is 0. The van der Waals surface area contributed by atoms with Crippen LogP contribution in [0.5, 0.6) is 0 Å². The van der Waals surface area contributed by atoms with Crippen LogP contribution in [0.1, 0.15) is 49.4 Å². The van der Waals surface area contributed by atoms with Gasteiger partial charge in [0.05, 0.1) is 17.8 Å². The Labute approximate surface area is 170 Å². The molecule has 0 spiro atoms. The molecule has 0 radical (unpaired) electrons. The first-order valence-electron chi connectivity index (χ1n) is 10.7. The van der Waals surface area contributed by atoms with Gasteiger partial charge in [-0.05, 0) is 57.7 Å². The van der Waals surface area contributed by atoms with Crippen molar-refractivity contribution < 1.29 is 4.79 Å². The van der Waals surface area contributed by atoms with Gasteiger partial charge in [-0.1, -0.05) is 0 Å². The van der Waals surface area contributed by atoms with Crippen LogP contribution in [0.3, 0.4) is 0 Å². The quantitative estimate of drug-likeness (QED) is 0.862. The zero-order chi connectivity index (χ0) is 20.0. The fourth-order valence-electron chi connectivity index (χ4n) is 5.78. The number of nitrogen functional groups attached to an aromatic ring is 1. The molecule has 7 rings (SSSR count). The Morgan fingerprint density at radius 1 is 1.17 bits per heavy atom. The molecule has 1 aliphatic heterocycles. The second-order valence-electron chi connectivity index (χ2n) is 9.82. The van der Waals surface area contributed by atoms with E-state index in [0.29, 0.717) is 24.2 Å². The molecule has 152 valence electrons. The Morgan fingerprint density at radius 2 is 1.93 bits per heavy atom. The summed E-state index contributed by atoms with van der Waals surface area (Å²) in [5.41, 5.74) is 9.18. The third-order valence-electron chi connectivity index (χ3n) is 7.56. The number of imidazole rings is 1. The number of nitrogens with two attached hydrogens (primary N) is 1. The predicted molar refractivity (Wildman–Crippen MR) is 110 cm³/mol. The van der Waals surface area contributed by atoms with E-state index in [9.17, 15) is 4.79 Å². The highest BCUT2D eigenvalue weighted by Crippen LogP contribution is 2.69.